The van der Waals surface area contributed by atoms with Crippen LogP contribution in [0, 0.1) is 13.8 Å². The fraction of sp³-hybridized carbons (Fsp3) is 0.333. The average Bonchev–Trinajstić information content (AvgIpc) is 3.27. The van der Waals surface area contributed by atoms with E-state index in [2.05, 4.69) is 15.8 Å². The summed E-state index contributed by atoms with van der Waals surface area (Å²) in [6, 6.07) is 11.0. The third kappa shape index (κ3) is 6.47. The van der Waals surface area contributed by atoms with Crippen LogP contribution in [0.3, 0.4) is 0 Å². The quantitative estimate of drug-likeness (QED) is 0.328. The van der Waals surface area contributed by atoms with Crippen molar-refractivity contribution in [3.05, 3.63) is 53.1 Å². The van der Waals surface area contributed by atoms with E-state index in [1.165, 1.54) is 6.92 Å². The highest BCUT2D eigenvalue weighted by atomic mass is 16.7. The Hall–Kier alpha value is -4.08. The summed E-state index contributed by atoms with van der Waals surface area (Å²) < 4.78 is 15.6. The van der Waals surface area contributed by atoms with E-state index in [0.29, 0.717) is 22.9 Å². The number of fused-ring (bicyclic) bond motifs is 1. The average molecular weight is 469 g/mol. The van der Waals surface area contributed by atoms with E-state index in [4.69, 9.17) is 19.0 Å². The number of nitrogens with zero attached hydrogens (tertiary/aromatic N) is 1. The molecule has 3 rings (SSSR count). The SMILES string of the molecule is C/C(=N/OCC(=O)OC(C)C(=O)NCC(=O)Nc1c(C)cccc1C)c1ccc2c(c1)OCO2. The van der Waals surface area contributed by atoms with E-state index in [1.807, 2.05) is 32.0 Å². The van der Waals surface area contributed by atoms with Gasteiger partial charge < -0.3 is 29.7 Å². The predicted octanol–water partition coefficient (Wildman–Crippen LogP) is 2.46. The molecule has 0 saturated heterocycles. The van der Waals surface area contributed by atoms with E-state index >= 15 is 0 Å². The zero-order chi connectivity index (χ0) is 24.7. The van der Waals surface area contributed by atoms with Crippen LogP contribution < -0.4 is 20.1 Å². The highest BCUT2D eigenvalue weighted by Gasteiger charge is 2.19. The van der Waals surface area contributed by atoms with Gasteiger partial charge in [-0.05, 0) is 57.0 Å². The standard InChI is InChI=1S/C24H27N3O7/c1-14-6-5-7-15(2)23(14)26-21(28)11-25-24(30)17(4)34-22(29)12-33-27-16(3)18-8-9-19-20(10-18)32-13-31-19/h5-10,17H,11-13H2,1-4H3,(H,25,30)(H,26,28)/b27-16-. The van der Waals surface area contributed by atoms with Crippen molar-refractivity contribution in [1.29, 1.82) is 0 Å². The Morgan fingerprint density at radius 1 is 1.09 bits per heavy atom. The molecule has 34 heavy (non-hydrogen) atoms. The molecule has 0 radical (unpaired) electrons. The van der Waals surface area contributed by atoms with Gasteiger partial charge in [0.2, 0.25) is 19.3 Å². The summed E-state index contributed by atoms with van der Waals surface area (Å²) in [7, 11) is 0. The van der Waals surface area contributed by atoms with Crippen LogP contribution >= 0.6 is 0 Å². The smallest absolute Gasteiger partial charge is 0.347 e. The lowest BCUT2D eigenvalue weighted by molar-refractivity contribution is -0.159. The van der Waals surface area contributed by atoms with Gasteiger partial charge in [-0.25, -0.2) is 4.79 Å². The molecule has 2 aromatic carbocycles. The molecule has 10 nitrogen and oxygen atoms in total. The number of oxime groups is 1. The lowest BCUT2D eigenvalue weighted by Crippen LogP contribution is -2.40. The number of nitrogens with one attached hydrogen (secondary N) is 2. The van der Waals surface area contributed by atoms with Crippen LogP contribution in [0.25, 0.3) is 0 Å². The fourth-order valence-corrected chi connectivity index (χ4v) is 3.15. The maximum atomic E-state index is 12.2. The van der Waals surface area contributed by atoms with E-state index in [0.717, 1.165) is 16.7 Å². The monoisotopic (exact) mass is 469 g/mol. The number of aryl methyl sites for hydroxylation is 2. The molecule has 0 aromatic heterocycles. The second-order valence-corrected chi connectivity index (χ2v) is 7.68. The Bertz CT molecular complexity index is 1090. The molecule has 1 aliphatic rings. The minimum atomic E-state index is -1.11. The van der Waals surface area contributed by atoms with Crippen LogP contribution in [0.2, 0.25) is 0 Å². The molecular weight excluding hydrogens is 442 g/mol. The van der Waals surface area contributed by atoms with Crippen molar-refractivity contribution >= 4 is 29.2 Å². The molecule has 2 aromatic rings. The van der Waals surface area contributed by atoms with Gasteiger partial charge in [0.25, 0.3) is 5.91 Å². The number of hydrogen-bond donors (Lipinski definition) is 2. The molecule has 10 heteroatoms. The van der Waals surface area contributed by atoms with E-state index < -0.39 is 24.6 Å². The van der Waals surface area contributed by atoms with Crippen molar-refractivity contribution in [3.63, 3.8) is 0 Å². The van der Waals surface area contributed by atoms with Gasteiger partial charge in [-0.1, -0.05) is 23.4 Å². The van der Waals surface area contributed by atoms with Gasteiger partial charge in [0.15, 0.2) is 17.6 Å². The van der Waals surface area contributed by atoms with Crippen LogP contribution in [0.15, 0.2) is 41.6 Å². The zero-order valence-corrected chi connectivity index (χ0v) is 19.5. The Kier molecular flexibility index (Phi) is 8.07. The van der Waals surface area contributed by atoms with Gasteiger partial charge in [0.05, 0.1) is 12.3 Å². The van der Waals surface area contributed by atoms with Gasteiger partial charge in [0.1, 0.15) is 0 Å². The number of hydrogen-bond acceptors (Lipinski definition) is 8. The maximum Gasteiger partial charge on any atom is 0.347 e. The summed E-state index contributed by atoms with van der Waals surface area (Å²) in [6.45, 7) is 6.30. The van der Waals surface area contributed by atoms with Gasteiger partial charge >= 0.3 is 5.97 Å². The second kappa shape index (κ2) is 11.2. The molecule has 1 atom stereocenters. The molecule has 2 N–H and O–H groups in total. The van der Waals surface area contributed by atoms with Crippen LogP contribution in [0.1, 0.15) is 30.5 Å². The first kappa shape index (κ1) is 24.6. The highest BCUT2D eigenvalue weighted by molar-refractivity contribution is 5.99. The number of ether oxygens (including phenoxy) is 3. The number of carbonyl (C=O) groups is 3. The molecular formula is C24H27N3O7. The van der Waals surface area contributed by atoms with Crippen molar-refractivity contribution in [2.24, 2.45) is 5.16 Å². The van der Waals surface area contributed by atoms with Crippen molar-refractivity contribution in [2.45, 2.75) is 33.8 Å². The first-order chi connectivity index (χ1) is 16.2. The fourth-order valence-electron chi connectivity index (χ4n) is 3.15. The molecule has 1 unspecified atom stereocenters. The number of rotatable bonds is 9. The van der Waals surface area contributed by atoms with Crippen molar-refractivity contribution in [1.82, 2.24) is 5.32 Å². The molecule has 0 fully saturated rings. The molecule has 1 aliphatic heterocycles. The second-order valence-electron chi connectivity index (χ2n) is 7.68. The Morgan fingerprint density at radius 2 is 1.79 bits per heavy atom. The van der Waals surface area contributed by atoms with E-state index in [-0.39, 0.29) is 19.2 Å². The third-order valence-electron chi connectivity index (χ3n) is 5.02. The van der Waals surface area contributed by atoms with Crippen LogP contribution in [0.5, 0.6) is 11.5 Å². The van der Waals surface area contributed by atoms with E-state index in [1.54, 1.807) is 25.1 Å². The number of carbonyl (C=O) groups excluding carboxylic acids is 3. The molecule has 2 amide bonds. The Balaban J connectivity index is 1.40. The van der Waals surface area contributed by atoms with Gasteiger partial charge in [-0.3, -0.25) is 9.59 Å². The number of benzene rings is 2. The van der Waals surface area contributed by atoms with Crippen LogP contribution in [0.4, 0.5) is 5.69 Å². The Morgan fingerprint density at radius 3 is 2.53 bits per heavy atom. The molecule has 1 heterocycles. The molecule has 0 aliphatic carbocycles. The normalized spacial score (nSPS) is 13.1. The summed E-state index contributed by atoms with van der Waals surface area (Å²) in [6.07, 6.45) is -1.11. The lowest BCUT2D eigenvalue weighted by atomic mass is 10.1. The van der Waals surface area contributed by atoms with Gasteiger partial charge in [-0.2, -0.15) is 0 Å². The van der Waals surface area contributed by atoms with Crippen LogP contribution in [-0.2, 0) is 24.0 Å². The number of para-hydroxylation sites is 1. The van der Waals surface area contributed by atoms with Crippen LogP contribution in [-0.4, -0.2) is 49.5 Å². The van der Waals surface area contributed by atoms with E-state index in [9.17, 15) is 14.4 Å². The molecule has 0 saturated carbocycles. The lowest BCUT2D eigenvalue weighted by Gasteiger charge is -2.14. The van der Waals surface area contributed by atoms with Gasteiger partial charge in [0, 0.05) is 11.3 Å². The first-order valence-electron chi connectivity index (χ1n) is 10.6. The zero-order valence-electron chi connectivity index (χ0n) is 19.5. The number of amides is 2. The number of esters is 1. The topological polar surface area (TPSA) is 125 Å². The summed E-state index contributed by atoms with van der Waals surface area (Å²) in [4.78, 5) is 41.4. The molecule has 180 valence electrons. The largest absolute Gasteiger partial charge is 0.454 e. The molecule has 0 spiro atoms. The predicted molar refractivity (Wildman–Crippen MR) is 124 cm³/mol. The number of anilines is 1. The minimum absolute atomic E-state index is 0.167. The van der Waals surface area contributed by atoms with Gasteiger partial charge in [-0.15, -0.1) is 0 Å². The highest BCUT2D eigenvalue weighted by Crippen LogP contribution is 2.32. The first-order valence-corrected chi connectivity index (χ1v) is 10.6. The minimum Gasteiger partial charge on any atom is -0.454 e. The van der Waals surface area contributed by atoms with Crippen molar-refractivity contribution in [3.8, 4) is 11.5 Å². The Labute approximate surface area is 197 Å². The van der Waals surface area contributed by atoms with Crippen molar-refractivity contribution < 1.29 is 33.4 Å². The maximum absolute atomic E-state index is 12.2. The molecule has 0 bridgehead atoms. The van der Waals surface area contributed by atoms with Crippen molar-refractivity contribution in [2.75, 3.05) is 25.3 Å². The summed E-state index contributed by atoms with van der Waals surface area (Å²) in [5, 5.41) is 9.10. The summed E-state index contributed by atoms with van der Waals surface area (Å²) >= 11 is 0. The summed E-state index contributed by atoms with van der Waals surface area (Å²) in [5.74, 6) is -0.513. The third-order valence-corrected chi connectivity index (χ3v) is 5.02. The summed E-state index contributed by atoms with van der Waals surface area (Å²) in [5.41, 5.74) is 3.79.